The first-order valence-electron chi connectivity index (χ1n) is 4.31. The van der Waals surface area contributed by atoms with Crippen molar-refractivity contribution in [2.75, 3.05) is 0 Å². The number of aldehydes is 1. The average Bonchev–Trinajstić information content (AvgIpc) is 2.57. The molecular weight excluding hydrogens is 180 g/mol. The molecule has 2 aromatic rings. The second-order valence-electron chi connectivity index (χ2n) is 2.96. The van der Waals surface area contributed by atoms with Crippen LogP contribution in [0.3, 0.4) is 0 Å². The minimum absolute atomic E-state index is 0.632. The van der Waals surface area contributed by atoms with Crippen molar-refractivity contribution in [2.24, 2.45) is 0 Å². The van der Waals surface area contributed by atoms with E-state index in [1.165, 1.54) is 15.0 Å². The first-order chi connectivity index (χ1) is 6.40. The number of hydrogen-bond donors (Lipinski definition) is 0. The molecule has 0 aliphatic rings. The lowest BCUT2D eigenvalue weighted by molar-refractivity contribution is -0.107. The molecule has 1 heterocycles. The van der Waals surface area contributed by atoms with Crippen LogP contribution in [0, 0.1) is 0 Å². The van der Waals surface area contributed by atoms with Gasteiger partial charge in [-0.25, -0.2) is 0 Å². The fourth-order valence-electron chi connectivity index (χ4n) is 1.36. The van der Waals surface area contributed by atoms with Crippen molar-refractivity contribution in [1.29, 1.82) is 0 Å². The third-order valence-electron chi connectivity index (χ3n) is 1.99. The Bertz CT molecular complexity index is 384. The van der Waals surface area contributed by atoms with Crippen molar-refractivity contribution in [3.63, 3.8) is 0 Å². The molecule has 2 rings (SSSR count). The summed E-state index contributed by atoms with van der Waals surface area (Å²) in [6.07, 6.45) is 2.49. The van der Waals surface area contributed by atoms with E-state index < -0.39 is 0 Å². The molecule has 1 nitrogen and oxygen atoms in total. The van der Waals surface area contributed by atoms with Crippen LogP contribution >= 0.6 is 11.3 Å². The topological polar surface area (TPSA) is 17.1 Å². The van der Waals surface area contributed by atoms with Crippen LogP contribution in [0.15, 0.2) is 30.3 Å². The van der Waals surface area contributed by atoms with Gasteiger partial charge >= 0.3 is 0 Å². The molecule has 1 aromatic carbocycles. The van der Waals surface area contributed by atoms with Gasteiger partial charge in [0.15, 0.2) is 0 Å². The summed E-state index contributed by atoms with van der Waals surface area (Å²) in [6, 6.07) is 10.5. The van der Waals surface area contributed by atoms with E-state index in [2.05, 4.69) is 18.2 Å². The van der Waals surface area contributed by atoms with E-state index in [0.717, 1.165) is 12.7 Å². The molecule has 0 atom stereocenters. The summed E-state index contributed by atoms with van der Waals surface area (Å²) in [7, 11) is 0. The number of carbonyl (C=O) groups excluding carboxylic acids is 1. The van der Waals surface area contributed by atoms with Crippen LogP contribution in [0.4, 0.5) is 0 Å². The Morgan fingerprint density at radius 3 is 2.92 bits per heavy atom. The highest BCUT2D eigenvalue weighted by molar-refractivity contribution is 7.19. The summed E-state index contributed by atoms with van der Waals surface area (Å²) in [6.45, 7) is 0. The molecule has 0 saturated carbocycles. The van der Waals surface area contributed by atoms with E-state index >= 15 is 0 Å². The molecule has 0 amide bonds. The molecule has 0 aliphatic carbocycles. The van der Waals surface area contributed by atoms with Crippen molar-refractivity contribution in [3.8, 4) is 0 Å². The molecule has 0 bridgehead atoms. The lowest BCUT2D eigenvalue weighted by atomic mass is 10.2. The van der Waals surface area contributed by atoms with Crippen LogP contribution in [0.1, 0.15) is 11.3 Å². The van der Waals surface area contributed by atoms with E-state index in [1.54, 1.807) is 11.3 Å². The van der Waals surface area contributed by atoms with Crippen molar-refractivity contribution < 1.29 is 4.79 Å². The van der Waals surface area contributed by atoms with Gasteiger partial charge in [0.1, 0.15) is 6.29 Å². The summed E-state index contributed by atoms with van der Waals surface area (Å²) in [5.74, 6) is 0. The number of carbonyl (C=O) groups is 1. The Morgan fingerprint density at radius 2 is 2.15 bits per heavy atom. The Morgan fingerprint density at radius 1 is 1.31 bits per heavy atom. The van der Waals surface area contributed by atoms with Crippen LogP contribution in [0.5, 0.6) is 0 Å². The zero-order valence-electron chi connectivity index (χ0n) is 7.19. The molecule has 0 saturated heterocycles. The number of rotatable bonds is 3. The van der Waals surface area contributed by atoms with Crippen LogP contribution < -0.4 is 0 Å². The largest absolute Gasteiger partial charge is 0.303 e. The monoisotopic (exact) mass is 190 g/mol. The Hall–Kier alpha value is -1.15. The van der Waals surface area contributed by atoms with Crippen molar-refractivity contribution in [2.45, 2.75) is 12.8 Å². The van der Waals surface area contributed by atoms with Gasteiger partial charge < -0.3 is 4.79 Å². The van der Waals surface area contributed by atoms with Gasteiger partial charge in [-0.15, -0.1) is 11.3 Å². The van der Waals surface area contributed by atoms with Gasteiger partial charge in [0.25, 0.3) is 0 Å². The fourth-order valence-corrected chi connectivity index (χ4v) is 2.44. The van der Waals surface area contributed by atoms with E-state index in [-0.39, 0.29) is 0 Å². The minimum atomic E-state index is 0.632. The standard InChI is InChI=1S/C11H10OS/c12-7-3-5-10-8-9-4-1-2-6-11(9)13-10/h1-2,4,6-8H,3,5H2. The highest BCUT2D eigenvalue weighted by Crippen LogP contribution is 2.25. The first-order valence-corrected chi connectivity index (χ1v) is 5.13. The van der Waals surface area contributed by atoms with Crippen molar-refractivity contribution in [1.82, 2.24) is 0 Å². The van der Waals surface area contributed by atoms with Crippen molar-refractivity contribution in [3.05, 3.63) is 35.2 Å². The molecule has 1 aromatic heterocycles. The van der Waals surface area contributed by atoms with Gasteiger partial charge in [-0.05, 0) is 23.9 Å². The minimum Gasteiger partial charge on any atom is -0.303 e. The lowest BCUT2D eigenvalue weighted by Gasteiger charge is -1.85. The van der Waals surface area contributed by atoms with Gasteiger partial charge in [-0.1, -0.05) is 18.2 Å². The van der Waals surface area contributed by atoms with Crippen LogP contribution in [-0.4, -0.2) is 6.29 Å². The Labute approximate surface area is 81.0 Å². The van der Waals surface area contributed by atoms with Crippen LogP contribution in [-0.2, 0) is 11.2 Å². The molecule has 0 unspecified atom stereocenters. The molecule has 0 spiro atoms. The Balaban J connectivity index is 2.32. The smallest absolute Gasteiger partial charge is 0.120 e. The quantitative estimate of drug-likeness (QED) is 0.680. The summed E-state index contributed by atoms with van der Waals surface area (Å²) in [5, 5.41) is 1.29. The number of hydrogen-bond acceptors (Lipinski definition) is 2. The van der Waals surface area contributed by atoms with Crippen LogP contribution in [0.25, 0.3) is 10.1 Å². The highest BCUT2D eigenvalue weighted by Gasteiger charge is 1.99. The van der Waals surface area contributed by atoms with Gasteiger partial charge in [-0.3, -0.25) is 0 Å². The number of thiophene rings is 1. The number of fused-ring (bicyclic) bond motifs is 1. The third kappa shape index (κ3) is 1.78. The highest BCUT2D eigenvalue weighted by atomic mass is 32.1. The summed E-state index contributed by atoms with van der Waals surface area (Å²) in [5.41, 5.74) is 0. The second kappa shape index (κ2) is 3.71. The maximum Gasteiger partial charge on any atom is 0.120 e. The number of aryl methyl sites for hydroxylation is 1. The normalized spacial score (nSPS) is 10.5. The van der Waals surface area contributed by atoms with Gasteiger partial charge in [0.2, 0.25) is 0 Å². The maximum atomic E-state index is 10.2. The molecule has 0 radical (unpaired) electrons. The zero-order valence-corrected chi connectivity index (χ0v) is 8.01. The summed E-state index contributed by atoms with van der Waals surface area (Å²) in [4.78, 5) is 11.5. The molecule has 13 heavy (non-hydrogen) atoms. The third-order valence-corrected chi connectivity index (χ3v) is 3.16. The summed E-state index contributed by atoms with van der Waals surface area (Å²) < 4.78 is 1.31. The number of benzene rings is 1. The van der Waals surface area contributed by atoms with E-state index in [1.807, 2.05) is 12.1 Å². The summed E-state index contributed by atoms with van der Waals surface area (Å²) >= 11 is 1.78. The molecule has 66 valence electrons. The van der Waals surface area contributed by atoms with Crippen molar-refractivity contribution >= 4 is 27.7 Å². The van der Waals surface area contributed by atoms with Gasteiger partial charge in [0, 0.05) is 16.0 Å². The van der Waals surface area contributed by atoms with E-state index in [0.29, 0.717) is 6.42 Å². The predicted molar refractivity (Wildman–Crippen MR) is 56.2 cm³/mol. The van der Waals surface area contributed by atoms with E-state index in [4.69, 9.17) is 0 Å². The fraction of sp³-hybridized carbons (Fsp3) is 0.182. The zero-order chi connectivity index (χ0) is 9.10. The Kier molecular flexibility index (Phi) is 2.41. The molecule has 0 aliphatic heterocycles. The van der Waals surface area contributed by atoms with Gasteiger partial charge in [0.05, 0.1) is 0 Å². The van der Waals surface area contributed by atoms with Crippen LogP contribution in [0.2, 0.25) is 0 Å². The van der Waals surface area contributed by atoms with E-state index in [9.17, 15) is 4.79 Å². The predicted octanol–water partition coefficient (Wildman–Crippen LogP) is 3.03. The molecule has 0 fully saturated rings. The molecule has 0 N–H and O–H groups in total. The average molecular weight is 190 g/mol. The molecular formula is C11H10OS. The molecule has 2 heteroatoms. The van der Waals surface area contributed by atoms with Gasteiger partial charge in [-0.2, -0.15) is 0 Å². The maximum absolute atomic E-state index is 10.2. The first kappa shape index (κ1) is 8.45. The lowest BCUT2D eigenvalue weighted by Crippen LogP contribution is -1.79. The SMILES string of the molecule is O=CCCc1cc2ccccc2s1. The second-order valence-corrected chi connectivity index (χ2v) is 4.12.